The molecule has 2 atom stereocenters. The first-order chi connectivity index (χ1) is 19.5. The van der Waals surface area contributed by atoms with Gasteiger partial charge in [-0.25, -0.2) is 4.39 Å². The van der Waals surface area contributed by atoms with Crippen molar-refractivity contribution in [2.45, 2.75) is 25.1 Å². The number of furan rings is 1. The van der Waals surface area contributed by atoms with E-state index in [1.807, 2.05) is 96.9 Å². The van der Waals surface area contributed by atoms with E-state index in [2.05, 4.69) is 5.32 Å². The van der Waals surface area contributed by atoms with Crippen LogP contribution in [0.1, 0.15) is 33.1 Å². The summed E-state index contributed by atoms with van der Waals surface area (Å²) in [4.78, 5) is 15.1. The molecule has 2 N–H and O–H groups in total. The van der Waals surface area contributed by atoms with Crippen molar-refractivity contribution in [3.63, 3.8) is 0 Å². The lowest BCUT2D eigenvalue weighted by molar-refractivity contribution is 0.0854. The highest BCUT2D eigenvalue weighted by atomic mass is 19.1. The zero-order valence-electron chi connectivity index (χ0n) is 22.1. The molecule has 4 aromatic carbocycles. The smallest absolute Gasteiger partial charge is 0.254 e. The Labute approximate surface area is 232 Å². The summed E-state index contributed by atoms with van der Waals surface area (Å²) in [6, 6.07) is 31.5. The number of halogens is 1. The highest BCUT2D eigenvalue weighted by Gasteiger charge is 2.33. The molecule has 1 heterocycles. The number of carbonyl (C=O) groups excluding carboxylic acids is 1. The number of fused-ring (bicyclic) bond motifs is 1. The van der Waals surface area contributed by atoms with Gasteiger partial charge in [0.05, 0.1) is 17.7 Å². The number of benzene rings is 4. The molecule has 40 heavy (non-hydrogen) atoms. The molecule has 6 heteroatoms. The maximum absolute atomic E-state index is 15.0. The van der Waals surface area contributed by atoms with Crippen molar-refractivity contribution in [3.8, 4) is 22.3 Å². The van der Waals surface area contributed by atoms with Crippen LogP contribution in [0.5, 0.6) is 0 Å². The monoisotopic (exact) mass is 532 g/mol. The zero-order chi connectivity index (χ0) is 27.6. The number of anilines is 1. The van der Waals surface area contributed by atoms with Gasteiger partial charge in [-0.2, -0.15) is 0 Å². The van der Waals surface area contributed by atoms with E-state index in [0.29, 0.717) is 18.5 Å². The summed E-state index contributed by atoms with van der Waals surface area (Å²) in [5.41, 5.74) is 6.42. The highest BCUT2D eigenvalue weighted by molar-refractivity contribution is 5.95. The van der Waals surface area contributed by atoms with Gasteiger partial charge >= 0.3 is 0 Å². The fourth-order valence-electron chi connectivity index (χ4n) is 5.33. The number of amides is 1. The molecule has 5 aromatic rings. The Morgan fingerprint density at radius 2 is 1.60 bits per heavy atom. The van der Waals surface area contributed by atoms with Crippen LogP contribution < -0.4 is 10.2 Å². The molecule has 1 aromatic heterocycles. The quantitative estimate of drug-likeness (QED) is 0.243. The van der Waals surface area contributed by atoms with Crippen LogP contribution in [0.2, 0.25) is 0 Å². The van der Waals surface area contributed by atoms with Gasteiger partial charge in [0.1, 0.15) is 12.1 Å². The van der Waals surface area contributed by atoms with Crippen molar-refractivity contribution in [2.75, 3.05) is 11.9 Å². The summed E-state index contributed by atoms with van der Waals surface area (Å²) < 4.78 is 20.8. The van der Waals surface area contributed by atoms with Crippen LogP contribution in [0.4, 0.5) is 10.3 Å². The molecular formula is C34H29FN2O3. The Kier molecular flexibility index (Phi) is 6.93. The third-order valence-electron chi connectivity index (χ3n) is 7.46. The van der Waals surface area contributed by atoms with Gasteiger partial charge in [-0.15, -0.1) is 0 Å². The van der Waals surface area contributed by atoms with Crippen molar-refractivity contribution in [3.05, 3.63) is 137 Å². The average Bonchev–Trinajstić information content (AvgIpc) is 3.59. The van der Waals surface area contributed by atoms with Crippen LogP contribution in [0, 0.1) is 5.82 Å². The normalized spacial score (nSPS) is 16.0. The van der Waals surface area contributed by atoms with Gasteiger partial charge in [-0.05, 0) is 45.5 Å². The van der Waals surface area contributed by atoms with Gasteiger partial charge < -0.3 is 19.7 Å². The van der Waals surface area contributed by atoms with Crippen molar-refractivity contribution in [1.82, 2.24) is 5.32 Å². The zero-order valence-corrected chi connectivity index (χ0v) is 22.1. The Bertz CT molecular complexity index is 1650. The fraction of sp³-hybridized carbons (Fsp3) is 0.147. The molecule has 5 nitrogen and oxygen atoms in total. The molecule has 0 bridgehead atoms. The first-order valence-electron chi connectivity index (χ1n) is 13.3. The third-order valence-corrected chi connectivity index (χ3v) is 7.46. The van der Waals surface area contributed by atoms with Crippen LogP contribution in [-0.4, -0.2) is 24.2 Å². The number of carbonyl (C=O) groups is 1. The second kappa shape index (κ2) is 10.8. The summed E-state index contributed by atoms with van der Waals surface area (Å²) in [5, 5.41) is 13.7. The van der Waals surface area contributed by atoms with Crippen LogP contribution in [0.25, 0.3) is 22.3 Å². The van der Waals surface area contributed by atoms with Gasteiger partial charge in [0.2, 0.25) is 0 Å². The Morgan fingerprint density at radius 3 is 2.30 bits per heavy atom. The van der Waals surface area contributed by atoms with E-state index in [1.54, 1.807) is 12.3 Å². The fourth-order valence-corrected chi connectivity index (χ4v) is 5.33. The molecule has 0 spiro atoms. The molecule has 1 aliphatic rings. The first kappa shape index (κ1) is 25.6. The highest BCUT2D eigenvalue weighted by Crippen LogP contribution is 2.34. The summed E-state index contributed by atoms with van der Waals surface area (Å²) in [6.07, 6.45) is 1.37. The van der Waals surface area contributed by atoms with Gasteiger partial charge in [0.15, 0.2) is 5.88 Å². The van der Waals surface area contributed by atoms with Crippen molar-refractivity contribution < 1.29 is 18.7 Å². The Balaban J connectivity index is 1.17. The molecule has 0 saturated heterocycles. The molecule has 0 fully saturated rings. The second-order valence-corrected chi connectivity index (χ2v) is 10.2. The molecule has 1 amide bonds. The predicted octanol–water partition coefficient (Wildman–Crippen LogP) is 6.78. The minimum Gasteiger partial charge on any atom is -0.448 e. The van der Waals surface area contributed by atoms with Gasteiger partial charge in [0, 0.05) is 31.6 Å². The second-order valence-electron chi connectivity index (χ2n) is 10.2. The van der Waals surface area contributed by atoms with E-state index in [-0.39, 0.29) is 5.56 Å². The first-order valence-corrected chi connectivity index (χ1v) is 13.3. The molecule has 0 radical (unpaired) electrons. The molecule has 200 valence electrons. The maximum Gasteiger partial charge on any atom is 0.254 e. The van der Waals surface area contributed by atoms with E-state index in [9.17, 15) is 14.3 Å². The standard InChI is InChI=1S/C34H29FN2O3/c1-37(32-19-27(21-40-32)24-10-6-3-7-11-24)20-22-12-13-26-18-31(38)33(29(26)16-22)36-34(39)28-15-14-25(17-30(28)35)23-8-4-2-5-9-23/h2-17,19,21,31,33,38H,18,20H2,1H3,(H,36,39)/t31-,33-/m1/s1. The maximum atomic E-state index is 15.0. The lowest BCUT2D eigenvalue weighted by atomic mass is 10.0. The average molecular weight is 533 g/mol. The van der Waals surface area contributed by atoms with E-state index < -0.39 is 23.9 Å². The molecule has 0 saturated carbocycles. The number of nitrogens with one attached hydrogen (secondary N) is 1. The number of rotatable bonds is 7. The molecule has 0 unspecified atom stereocenters. The number of hydrogen-bond acceptors (Lipinski definition) is 4. The summed E-state index contributed by atoms with van der Waals surface area (Å²) in [7, 11) is 1.96. The van der Waals surface area contributed by atoms with Crippen molar-refractivity contribution in [1.29, 1.82) is 0 Å². The SMILES string of the molecule is CN(Cc1ccc2c(c1)[C@@H](NC(=O)c1ccc(-c3ccccc3)cc1F)[C@H](O)C2)c1cc(-c2ccccc2)co1. The summed E-state index contributed by atoms with van der Waals surface area (Å²) in [5.74, 6) is -0.422. The topological polar surface area (TPSA) is 65.7 Å². The van der Waals surface area contributed by atoms with E-state index in [4.69, 9.17) is 4.42 Å². The lowest BCUT2D eigenvalue weighted by Gasteiger charge is -2.20. The third kappa shape index (κ3) is 5.14. The molecule has 1 aliphatic carbocycles. The van der Waals surface area contributed by atoms with Crippen LogP contribution in [0.15, 0.2) is 114 Å². The lowest BCUT2D eigenvalue weighted by Crippen LogP contribution is -2.34. The van der Waals surface area contributed by atoms with Gasteiger partial charge in [-0.3, -0.25) is 4.79 Å². The number of hydrogen-bond donors (Lipinski definition) is 2. The number of nitrogens with zero attached hydrogens (tertiary/aromatic N) is 1. The van der Waals surface area contributed by atoms with E-state index >= 15 is 0 Å². The van der Waals surface area contributed by atoms with Gasteiger partial charge in [0.25, 0.3) is 5.91 Å². The predicted molar refractivity (Wildman–Crippen MR) is 154 cm³/mol. The number of aliphatic hydroxyl groups excluding tert-OH is 1. The minimum atomic E-state index is -0.794. The van der Waals surface area contributed by atoms with E-state index in [1.165, 1.54) is 12.1 Å². The largest absolute Gasteiger partial charge is 0.448 e. The molecule has 0 aliphatic heterocycles. The van der Waals surface area contributed by atoms with Crippen molar-refractivity contribution >= 4 is 11.8 Å². The van der Waals surface area contributed by atoms with Crippen LogP contribution in [-0.2, 0) is 13.0 Å². The molecule has 6 rings (SSSR count). The minimum absolute atomic E-state index is 0.0525. The summed E-state index contributed by atoms with van der Waals surface area (Å²) >= 11 is 0. The van der Waals surface area contributed by atoms with Crippen LogP contribution >= 0.6 is 0 Å². The number of aliphatic hydroxyl groups is 1. The Morgan fingerprint density at radius 1 is 0.900 bits per heavy atom. The van der Waals surface area contributed by atoms with Crippen LogP contribution in [0.3, 0.4) is 0 Å². The molecular weight excluding hydrogens is 503 g/mol. The Hall–Kier alpha value is -4.68. The summed E-state index contributed by atoms with van der Waals surface area (Å²) in [6.45, 7) is 0.571. The van der Waals surface area contributed by atoms with Crippen molar-refractivity contribution in [2.24, 2.45) is 0 Å². The van der Waals surface area contributed by atoms with Gasteiger partial charge in [-0.1, -0.05) is 84.9 Å². The van der Waals surface area contributed by atoms with E-state index in [0.717, 1.165) is 39.3 Å².